The molecule has 4 rings (SSSR count). The zero-order valence-electron chi connectivity index (χ0n) is 18.9. The lowest BCUT2D eigenvalue weighted by Gasteiger charge is -2.23. The molecule has 0 unspecified atom stereocenters. The predicted molar refractivity (Wildman–Crippen MR) is 120 cm³/mol. The molecule has 14 heteroatoms. The molecule has 3 aromatic rings. The van der Waals surface area contributed by atoms with Crippen molar-refractivity contribution in [1.29, 1.82) is 5.26 Å². The highest BCUT2D eigenvalue weighted by Crippen LogP contribution is 2.28. The molecular formula is C23H18F4N6O3S. The van der Waals surface area contributed by atoms with E-state index in [0.29, 0.717) is 12.0 Å². The summed E-state index contributed by atoms with van der Waals surface area (Å²) in [6.07, 6.45) is -0.899. The van der Waals surface area contributed by atoms with E-state index >= 15 is 0 Å². The van der Waals surface area contributed by atoms with Gasteiger partial charge in [0.15, 0.2) is 0 Å². The second-order valence-corrected chi connectivity index (χ2v) is 9.97. The first-order valence-corrected chi connectivity index (χ1v) is 12.3. The van der Waals surface area contributed by atoms with Gasteiger partial charge in [0.2, 0.25) is 21.8 Å². The number of nitrogens with zero attached hydrogens (tertiary/aromatic N) is 5. The van der Waals surface area contributed by atoms with Crippen molar-refractivity contribution in [2.24, 2.45) is 0 Å². The van der Waals surface area contributed by atoms with E-state index in [1.165, 1.54) is 12.3 Å². The van der Waals surface area contributed by atoms with Crippen LogP contribution in [0.4, 0.5) is 17.6 Å². The van der Waals surface area contributed by atoms with E-state index in [1.807, 2.05) is 6.07 Å². The summed E-state index contributed by atoms with van der Waals surface area (Å²) in [6.45, 7) is -0.0613. The van der Waals surface area contributed by atoms with Crippen LogP contribution in [0.15, 0.2) is 53.8 Å². The zero-order chi connectivity index (χ0) is 26.8. The molecule has 0 bridgehead atoms. The number of amides is 1. The lowest BCUT2D eigenvalue weighted by atomic mass is 10.1. The first-order chi connectivity index (χ1) is 17.5. The van der Waals surface area contributed by atoms with Crippen molar-refractivity contribution in [3.8, 4) is 17.3 Å². The van der Waals surface area contributed by atoms with Crippen molar-refractivity contribution in [2.75, 3.05) is 6.54 Å². The van der Waals surface area contributed by atoms with Crippen molar-refractivity contribution in [2.45, 2.75) is 36.5 Å². The first-order valence-electron chi connectivity index (χ1n) is 10.8. The lowest BCUT2D eigenvalue weighted by molar-refractivity contribution is -0.145. The van der Waals surface area contributed by atoms with Crippen LogP contribution in [0.25, 0.3) is 11.3 Å². The van der Waals surface area contributed by atoms with Gasteiger partial charge < -0.3 is 5.32 Å². The number of halogens is 4. The number of sulfonamides is 1. The number of aromatic nitrogens is 3. The normalized spacial score (nSPS) is 16.4. The van der Waals surface area contributed by atoms with E-state index in [2.05, 4.69) is 20.3 Å². The number of nitrogens with one attached hydrogen (secondary N) is 1. The predicted octanol–water partition coefficient (Wildman–Crippen LogP) is 3.04. The van der Waals surface area contributed by atoms with E-state index in [-0.39, 0.29) is 41.2 Å². The van der Waals surface area contributed by atoms with Gasteiger partial charge in [0.05, 0.1) is 16.2 Å². The monoisotopic (exact) mass is 534 g/mol. The summed E-state index contributed by atoms with van der Waals surface area (Å²) in [6, 6.07) is 6.61. The maximum absolute atomic E-state index is 13.2. The van der Waals surface area contributed by atoms with Crippen LogP contribution < -0.4 is 5.32 Å². The molecule has 192 valence electrons. The van der Waals surface area contributed by atoms with Crippen LogP contribution in [0.5, 0.6) is 0 Å². The Balaban J connectivity index is 1.51. The van der Waals surface area contributed by atoms with Crippen molar-refractivity contribution in [1.82, 2.24) is 24.6 Å². The van der Waals surface area contributed by atoms with Gasteiger partial charge in [-0.1, -0.05) is 0 Å². The third kappa shape index (κ3) is 5.57. The summed E-state index contributed by atoms with van der Waals surface area (Å²) >= 11 is 0. The van der Waals surface area contributed by atoms with Gasteiger partial charge in [0.1, 0.15) is 17.9 Å². The first kappa shape index (κ1) is 26.1. The Labute approximate surface area is 208 Å². The Kier molecular flexibility index (Phi) is 7.19. The average molecular weight is 534 g/mol. The number of hydrogen-bond donors (Lipinski definition) is 1. The van der Waals surface area contributed by atoms with Gasteiger partial charge in [0, 0.05) is 37.2 Å². The third-order valence-corrected chi connectivity index (χ3v) is 7.61. The van der Waals surface area contributed by atoms with Crippen LogP contribution in [-0.2, 0) is 27.5 Å². The van der Waals surface area contributed by atoms with Gasteiger partial charge >= 0.3 is 6.18 Å². The largest absolute Gasteiger partial charge is 0.451 e. The molecule has 1 amide bonds. The third-order valence-electron chi connectivity index (χ3n) is 5.69. The van der Waals surface area contributed by atoms with Gasteiger partial charge in [-0.05, 0) is 48.7 Å². The summed E-state index contributed by atoms with van der Waals surface area (Å²) in [5.41, 5.74) is 0.765. The molecule has 1 aliphatic heterocycles. The van der Waals surface area contributed by atoms with Crippen LogP contribution >= 0.6 is 0 Å². The molecular weight excluding hydrogens is 516 g/mol. The minimum atomic E-state index is -4.70. The summed E-state index contributed by atoms with van der Waals surface area (Å²) in [7, 11) is -4.05. The maximum atomic E-state index is 13.2. The highest BCUT2D eigenvalue weighted by molar-refractivity contribution is 7.89. The molecule has 37 heavy (non-hydrogen) atoms. The van der Waals surface area contributed by atoms with Gasteiger partial charge in [-0.15, -0.1) is 0 Å². The van der Waals surface area contributed by atoms with Gasteiger partial charge in [-0.2, -0.15) is 22.7 Å². The number of benzene rings is 1. The van der Waals surface area contributed by atoms with Crippen LogP contribution in [0.1, 0.15) is 29.8 Å². The molecule has 3 heterocycles. The highest BCUT2D eigenvalue weighted by Gasteiger charge is 2.39. The molecule has 1 N–H and O–H groups in total. The molecule has 1 atom stereocenters. The Hall–Kier alpha value is -3.96. The molecule has 9 nitrogen and oxygen atoms in total. The number of alkyl halides is 3. The van der Waals surface area contributed by atoms with Gasteiger partial charge in [-0.3, -0.25) is 9.78 Å². The van der Waals surface area contributed by atoms with Crippen molar-refractivity contribution < 1.29 is 30.8 Å². The highest BCUT2D eigenvalue weighted by atomic mass is 32.2. The van der Waals surface area contributed by atoms with Gasteiger partial charge in [0.25, 0.3) is 0 Å². The summed E-state index contributed by atoms with van der Waals surface area (Å²) in [5, 5.41) is 12.0. The Morgan fingerprint density at radius 1 is 1.14 bits per heavy atom. The number of pyridine rings is 1. The molecule has 1 aromatic carbocycles. The smallest absolute Gasteiger partial charge is 0.351 e. The molecule has 0 spiro atoms. The Morgan fingerprint density at radius 3 is 2.43 bits per heavy atom. The quantitative estimate of drug-likeness (QED) is 0.482. The molecule has 0 radical (unpaired) electrons. The number of carbonyl (C=O) groups excluding carboxylic acids is 1. The van der Waals surface area contributed by atoms with Gasteiger partial charge in [-0.25, -0.2) is 22.8 Å². The second kappa shape index (κ2) is 10.2. The van der Waals surface area contributed by atoms with E-state index < -0.39 is 39.8 Å². The Bertz CT molecular complexity index is 1460. The minimum Gasteiger partial charge on any atom is -0.351 e. The van der Waals surface area contributed by atoms with Crippen molar-refractivity contribution >= 4 is 15.9 Å². The number of hydrogen-bond acceptors (Lipinski definition) is 7. The molecule has 2 aromatic heterocycles. The molecule has 0 saturated carbocycles. The van der Waals surface area contributed by atoms with Crippen LogP contribution in [0.3, 0.4) is 0 Å². The fourth-order valence-corrected chi connectivity index (χ4v) is 5.50. The SMILES string of the molecule is N#Cc1cnc(-c2cnc(C(F)(F)F)nc2)cc1CNC(=O)[C@@H]1CCCN1S(=O)(=O)c1ccc(F)cc1. The number of carbonyl (C=O) groups is 1. The summed E-state index contributed by atoms with van der Waals surface area (Å²) in [4.78, 5) is 23.4. The molecule has 1 fully saturated rings. The second-order valence-electron chi connectivity index (χ2n) is 8.08. The van der Waals surface area contributed by atoms with Crippen LogP contribution in [-0.4, -0.2) is 46.2 Å². The van der Waals surface area contributed by atoms with Crippen molar-refractivity contribution in [3.63, 3.8) is 0 Å². The van der Waals surface area contributed by atoms with Crippen LogP contribution in [0, 0.1) is 17.1 Å². The molecule has 1 aliphatic rings. The Morgan fingerprint density at radius 2 is 1.81 bits per heavy atom. The lowest BCUT2D eigenvalue weighted by Crippen LogP contribution is -2.45. The van der Waals surface area contributed by atoms with E-state index in [0.717, 1.165) is 41.0 Å². The van der Waals surface area contributed by atoms with E-state index in [9.17, 15) is 36.0 Å². The minimum absolute atomic E-state index is 0.106. The number of nitriles is 1. The summed E-state index contributed by atoms with van der Waals surface area (Å²) < 4.78 is 78.5. The number of rotatable bonds is 6. The van der Waals surface area contributed by atoms with E-state index in [1.54, 1.807) is 0 Å². The maximum Gasteiger partial charge on any atom is 0.451 e. The standard InChI is InChI=1S/C23H18F4N6O3S/c24-17-3-5-18(6-4-17)37(35,36)33-7-1-2-20(33)21(34)30-10-14-8-19(29-11-15(14)9-28)16-12-31-22(32-13-16)23(25,26)27/h3-6,8,11-13,20H,1-2,7,10H2,(H,30,34)/t20-/m0/s1. The van der Waals surface area contributed by atoms with Crippen LogP contribution in [0.2, 0.25) is 0 Å². The zero-order valence-corrected chi connectivity index (χ0v) is 19.7. The van der Waals surface area contributed by atoms with Crippen molar-refractivity contribution in [3.05, 3.63) is 71.7 Å². The average Bonchev–Trinajstić information content (AvgIpc) is 3.38. The molecule has 0 aliphatic carbocycles. The van der Waals surface area contributed by atoms with E-state index in [4.69, 9.17) is 0 Å². The fraction of sp³-hybridized carbons (Fsp3) is 0.261. The topological polar surface area (TPSA) is 129 Å². The fourth-order valence-electron chi connectivity index (χ4n) is 3.84. The summed E-state index contributed by atoms with van der Waals surface area (Å²) in [5.74, 6) is -2.50. The molecule has 1 saturated heterocycles.